The molecule has 1 aromatic rings. The van der Waals surface area contributed by atoms with E-state index in [0.717, 1.165) is 38.4 Å². The van der Waals surface area contributed by atoms with E-state index in [9.17, 15) is 4.79 Å². The van der Waals surface area contributed by atoms with E-state index in [1.54, 1.807) is 4.90 Å². The Hall–Kier alpha value is -1.95. The summed E-state index contributed by atoms with van der Waals surface area (Å²) in [7, 11) is 0. The van der Waals surface area contributed by atoms with Gasteiger partial charge in [-0.3, -0.25) is 0 Å². The zero-order chi connectivity index (χ0) is 20.0. The molecule has 1 aromatic carbocycles. The smallest absolute Gasteiger partial charge is 0.410 e. The van der Waals surface area contributed by atoms with Gasteiger partial charge in [0.1, 0.15) is 11.4 Å². The Bertz CT molecular complexity index is 613. The first-order chi connectivity index (χ1) is 13.4. The Morgan fingerprint density at radius 1 is 0.964 bits per heavy atom. The van der Waals surface area contributed by atoms with Crippen molar-refractivity contribution in [3.05, 3.63) is 24.3 Å². The second-order valence-corrected chi connectivity index (χ2v) is 8.70. The van der Waals surface area contributed by atoms with Crippen molar-refractivity contribution in [1.82, 2.24) is 9.80 Å². The standard InChI is InChI=1S/C22H35N3O3/c1-22(2,3)28-21(26)25-16-14-24(15-17-25)19-7-9-20(10-8-19)27-18-6-13-23-11-4-5-12-23/h7-10H,4-6,11-18H2,1-3H3. The Labute approximate surface area is 169 Å². The van der Waals surface area contributed by atoms with Gasteiger partial charge in [-0.05, 0) is 77.4 Å². The van der Waals surface area contributed by atoms with Crippen LogP contribution in [-0.4, -0.2) is 73.9 Å². The van der Waals surface area contributed by atoms with Crippen molar-refractivity contribution in [2.75, 3.05) is 57.3 Å². The van der Waals surface area contributed by atoms with Crippen molar-refractivity contribution < 1.29 is 14.3 Å². The largest absolute Gasteiger partial charge is 0.494 e. The highest BCUT2D eigenvalue weighted by Crippen LogP contribution is 2.21. The number of anilines is 1. The molecule has 0 aromatic heterocycles. The highest BCUT2D eigenvalue weighted by Gasteiger charge is 2.25. The van der Waals surface area contributed by atoms with Crippen LogP contribution in [0.3, 0.4) is 0 Å². The molecule has 2 aliphatic heterocycles. The van der Waals surface area contributed by atoms with Crippen LogP contribution in [-0.2, 0) is 4.74 Å². The lowest BCUT2D eigenvalue weighted by Gasteiger charge is -2.36. The third kappa shape index (κ3) is 6.30. The number of piperazine rings is 1. The molecule has 2 aliphatic rings. The molecule has 28 heavy (non-hydrogen) atoms. The molecule has 3 rings (SSSR count). The molecular weight excluding hydrogens is 354 g/mol. The SMILES string of the molecule is CC(C)(C)OC(=O)N1CCN(c2ccc(OCCCN3CCCC3)cc2)CC1. The number of carbonyl (C=O) groups is 1. The number of benzene rings is 1. The van der Waals surface area contributed by atoms with E-state index in [-0.39, 0.29) is 6.09 Å². The van der Waals surface area contributed by atoms with Crippen LogP contribution in [0.4, 0.5) is 10.5 Å². The van der Waals surface area contributed by atoms with Crippen LogP contribution in [0, 0.1) is 0 Å². The van der Waals surface area contributed by atoms with Gasteiger partial charge in [0.25, 0.3) is 0 Å². The fraction of sp³-hybridized carbons (Fsp3) is 0.682. The molecule has 0 spiro atoms. The van der Waals surface area contributed by atoms with Crippen LogP contribution in [0.25, 0.3) is 0 Å². The van der Waals surface area contributed by atoms with Gasteiger partial charge in [0.2, 0.25) is 0 Å². The number of rotatable bonds is 6. The number of hydrogen-bond donors (Lipinski definition) is 0. The second kappa shape index (κ2) is 9.50. The molecule has 1 amide bonds. The second-order valence-electron chi connectivity index (χ2n) is 8.70. The van der Waals surface area contributed by atoms with Crippen molar-refractivity contribution in [3.63, 3.8) is 0 Å². The topological polar surface area (TPSA) is 45.3 Å². The number of carbonyl (C=O) groups excluding carboxylic acids is 1. The van der Waals surface area contributed by atoms with Crippen molar-refractivity contribution in [1.29, 1.82) is 0 Å². The van der Waals surface area contributed by atoms with Gasteiger partial charge >= 0.3 is 6.09 Å². The minimum absolute atomic E-state index is 0.218. The maximum absolute atomic E-state index is 12.2. The quantitative estimate of drug-likeness (QED) is 0.696. The summed E-state index contributed by atoms with van der Waals surface area (Å²) >= 11 is 0. The minimum Gasteiger partial charge on any atom is -0.494 e. The zero-order valence-corrected chi connectivity index (χ0v) is 17.7. The first-order valence-electron chi connectivity index (χ1n) is 10.6. The summed E-state index contributed by atoms with van der Waals surface area (Å²) in [5, 5.41) is 0. The molecule has 0 N–H and O–H groups in total. The van der Waals surface area contributed by atoms with Gasteiger partial charge in [-0.2, -0.15) is 0 Å². The van der Waals surface area contributed by atoms with Gasteiger partial charge in [-0.15, -0.1) is 0 Å². The summed E-state index contributed by atoms with van der Waals surface area (Å²) in [5.41, 5.74) is 0.728. The van der Waals surface area contributed by atoms with E-state index in [2.05, 4.69) is 21.9 Å². The Kier molecular flexibility index (Phi) is 7.05. The van der Waals surface area contributed by atoms with Gasteiger partial charge in [-0.25, -0.2) is 4.79 Å². The molecule has 0 saturated carbocycles. The highest BCUT2D eigenvalue weighted by molar-refractivity contribution is 5.68. The van der Waals surface area contributed by atoms with Crippen LogP contribution in [0.1, 0.15) is 40.0 Å². The maximum atomic E-state index is 12.2. The van der Waals surface area contributed by atoms with Gasteiger partial charge in [-0.1, -0.05) is 0 Å². The van der Waals surface area contributed by atoms with Crippen LogP contribution < -0.4 is 9.64 Å². The summed E-state index contributed by atoms with van der Waals surface area (Å²) in [6.45, 7) is 13.1. The molecule has 2 heterocycles. The zero-order valence-electron chi connectivity index (χ0n) is 17.7. The monoisotopic (exact) mass is 389 g/mol. The average Bonchev–Trinajstić information content (AvgIpc) is 3.18. The summed E-state index contributed by atoms with van der Waals surface area (Å²) in [6, 6.07) is 8.31. The third-order valence-electron chi connectivity index (χ3n) is 5.22. The number of ether oxygens (including phenoxy) is 2. The highest BCUT2D eigenvalue weighted by atomic mass is 16.6. The lowest BCUT2D eigenvalue weighted by Crippen LogP contribution is -2.50. The molecule has 0 aliphatic carbocycles. The van der Waals surface area contributed by atoms with Gasteiger partial charge < -0.3 is 24.2 Å². The van der Waals surface area contributed by atoms with Crippen molar-refractivity contribution in [2.45, 2.75) is 45.6 Å². The fourth-order valence-corrected chi connectivity index (χ4v) is 3.71. The van der Waals surface area contributed by atoms with Crippen LogP contribution in [0.2, 0.25) is 0 Å². The van der Waals surface area contributed by atoms with Gasteiger partial charge in [0.15, 0.2) is 0 Å². The van der Waals surface area contributed by atoms with Gasteiger partial charge in [0, 0.05) is 38.4 Å². The number of hydrogen-bond acceptors (Lipinski definition) is 5. The van der Waals surface area contributed by atoms with Gasteiger partial charge in [0.05, 0.1) is 6.61 Å². The van der Waals surface area contributed by atoms with Crippen LogP contribution in [0.5, 0.6) is 5.75 Å². The lowest BCUT2D eigenvalue weighted by molar-refractivity contribution is 0.0240. The lowest BCUT2D eigenvalue weighted by atomic mass is 10.2. The maximum Gasteiger partial charge on any atom is 0.410 e. The summed E-state index contributed by atoms with van der Waals surface area (Å²) in [6.07, 6.45) is 3.54. The van der Waals surface area contributed by atoms with E-state index in [1.807, 2.05) is 32.9 Å². The molecule has 0 bridgehead atoms. The predicted octanol–water partition coefficient (Wildman–Crippen LogP) is 3.61. The normalized spacial score (nSPS) is 18.4. The van der Waals surface area contributed by atoms with Crippen molar-refractivity contribution in [3.8, 4) is 5.75 Å². The Balaban J connectivity index is 1.38. The summed E-state index contributed by atoms with van der Waals surface area (Å²) in [4.78, 5) is 18.8. The summed E-state index contributed by atoms with van der Waals surface area (Å²) in [5.74, 6) is 0.928. The first kappa shape index (κ1) is 20.8. The predicted molar refractivity (Wildman–Crippen MR) is 112 cm³/mol. The van der Waals surface area contributed by atoms with Crippen molar-refractivity contribution >= 4 is 11.8 Å². The van der Waals surface area contributed by atoms with Crippen molar-refractivity contribution in [2.24, 2.45) is 0 Å². The molecule has 0 radical (unpaired) electrons. The van der Waals surface area contributed by atoms with E-state index in [4.69, 9.17) is 9.47 Å². The van der Waals surface area contributed by atoms with E-state index < -0.39 is 5.60 Å². The van der Waals surface area contributed by atoms with E-state index in [0.29, 0.717) is 13.1 Å². The number of nitrogens with zero attached hydrogens (tertiary/aromatic N) is 3. The molecule has 2 fully saturated rings. The molecule has 0 unspecified atom stereocenters. The first-order valence-corrected chi connectivity index (χ1v) is 10.6. The Morgan fingerprint density at radius 3 is 2.21 bits per heavy atom. The summed E-state index contributed by atoms with van der Waals surface area (Å²) < 4.78 is 11.4. The molecule has 6 heteroatoms. The van der Waals surface area contributed by atoms with E-state index >= 15 is 0 Å². The molecular formula is C22H35N3O3. The number of amides is 1. The molecule has 6 nitrogen and oxygen atoms in total. The fourth-order valence-electron chi connectivity index (χ4n) is 3.71. The number of likely N-dealkylation sites (tertiary alicyclic amines) is 1. The van der Waals surface area contributed by atoms with E-state index in [1.165, 1.54) is 31.6 Å². The molecule has 0 atom stereocenters. The Morgan fingerprint density at radius 2 is 1.61 bits per heavy atom. The molecule has 2 saturated heterocycles. The average molecular weight is 390 g/mol. The van der Waals surface area contributed by atoms with Crippen LogP contribution >= 0.6 is 0 Å². The third-order valence-corrected chi connectivity index (χ3v) is 5.22. The minimum atomic E-state index is -0.446. The van der Waals surface area contributed by atoms with Crippen LogP contribution in [0.15, 0.2) is 24.3 Å². The molecule has 156 valence electrons.